The SMILES string of the molecule is C/C=C/C(=O)OC[C@]12CC[C@@]3(C)OC3C1OC1[C@H](O)[C@@H](O)[C@@]2(C)C12CO2. The highest BCUT2D eigenvalue weighted by atomic mass is 16.7. The maximum Gasteiger partial charge on any atom is 0.330 e. The molecule has 0 amide bonds. The van der Waals surface area contributed by atoms with Gasteiger partial charge < -0.3 is 29.2 Å². The Morgan fingerprint density at radius 1 is 1.23 bits per heavy atom. The molecule has 0 aromatic rings. The second-order valence-corrected chi connectivity index (χ2v) is 8.91. The minimum atomic E-state index is -1.03. The van der Waals surface area contributed by atoms with Crippen molar-refractivity contribution in [2.45, 2.75) is 75.3 Å². The van der Waals surface area contributed by atoms with Crippen molar-refractivity contribution in [1.82, 2.24) is 0 Å². The lowest BCUT2D eigenvalue weighted by atomic mass is 9.50. The molecule has 2 N–H and O–H groups in total. The van der Waals surface area contributed by atoms with Crippen LogP contribution in [0.15, 0.2) is 12.2 Å². The van der Waals surface area contributed by atoms with E-state index in [0.29, 0.717) is 13.0 Å². The fraction of sp³-hybridized carbons (Fsp3) is 0.842. The van der Waals surface area contributed by atoms with E-state index in [9.17, 15) is 15.0 Å². The molecule has 144 valence electrons. The molecule has 0 aromatic heterocycles. The molecule has 7 nitrogen and oxygen atoms in total. The minimum Gasteiger partial charge on any atom is -0.462 e. The van der Waals surface area contributed by atoms with Crippen molar-refractivity contribution >= 4 is 5.97 Å². The summed E-state index contributed by atoms with van der Waals surface area (Å²) >= 11 is 0. The number of aliphatic hydroxyl groups is 2. The monoisotopic (exact) mass is 366 g/mol. The lowest BCUT2D eigenvalue weighted by Gasteiger charge is -2.58. The van der Waals surface area contributed by atoms with Crippen LogP contribution in [0.2, 0.25) is 0 Å². The fourth-order valence-corrected chi connectivity index (χ4v) is 6.12. The van der Waals surface area contributed by atoms with Crippen molar-refractivity contribution in [3.63, 3.8) is 0 Å². The first kappa shape index (κ1) is 17.1. The van der Waals surface area contributed by atoms with Crippen LogP contribution in [0.4, 0.5) is 0 Å². The van der Waals surface area contributed by atoms with Gasteiger partial charge in [0.25, 0.3) is 0 Å². The topological polar surface area (TPSA) is 101 Å². The Morgan fingerprint density at radius 2 is 1.96 bits per heavy atom. The molecule has 3 saturated heterocycles. The number of allylic oxidation sites excluding steroid dienone is 1. The molecule has 7 heteroatoms. The number of hydrogen-bond acceptors (Lipinski definition) is 7. The van der Waals surface area contributed by atoms with Gasteiger partial charge in [-0.1, -0.05) is 13.0 Å². The third-order valence-electron chi connectivity index (χ3n) is 7.95. The van der Waals surface area contributed by atoms with Gasteiger partial charge in [0.05, 0.1) is 24.4 Å². The summed E-state index contributed by atoms with van der Waals surface area (Å²) < 4.78 is 23.7. The molecule has 9 atom stereocenters. The Hall–Kier alpha value is -0.990. The van der Waals surface area contributed by atoms with E-state index in [1.54, 1.807) is 13.0 Å². The van der Waals surface area contributed by atoms with E-state index < -0.39 is 40.7 Å². The summed E-state index contributed by atoms with van der Waals surface area (Å²) in [6.07, 6.45) is 1.38. The van der Waals surface area contributed by atoms with E-state index in [4.69, 9.17) is 18.9 Å². The van der Waals surface area contributed by atoms with Crippen molar-refractivity contribution in [3.05, 3.63) is 12.2 Å². The van der Waals surface area contributed by atoms with Crippen LogP contribution < -0.4 is 0 Å². The quantitative estimate of drug-likeness (QED) is 0.421. The Morgan fingerprint density at radius 3 is 2.62 bits per heavy atom. The summed E-state index contributed by atoms with van der Waals surface area (Å²) in [5, 5.41) is 21.7. The largest absolute Gasteiger partial charge is 0.462 e. The highest BCUT2D eigenvalue weighted by Crippen LogP contribution is 2.74. The van der Waals surface area contributed by atoms with Crippen molar-refractivity contribution in [2.75, 3.05) is 13.2 Å². The molecule has 5 rings (SSSR count). The van der Waals surface area contributed by atoms with E-state index >= 15 is 0 Å². The molecule has 5 fully saturated rings. The van der Waals surface area contributed by atoms with Crippen molar-refractivity contribution < 1.29 is 34.0 Å². The number of ether oxygens (including phenoxy) is 4. The molecule has 2 aliphatic carbocycles. The van der Waals surface area contributed by atoms with Gasteiger partial charge in [-0.25, -0.2) is 4.79 Å². The van der Waals surface area contributed by atoms with Crippen LogP contribution in [0.3, 0.4) is 0 Å². The highest BCUT2D eigenvalue weighted by molar-refractivity contribution is 5.81. The van der Waals surface area contributed by atoms with Crippen LogP contribution in [0.5, 0.6) is 0 Å². The predicted molar refractivity (Wildman–Crippen MR) is 88.2 cm³/mol. The number of epoxide rings is 2. The zero-order chi connectivity index (χ0) is 18.5. The molecule has 5 aliphatic rings. The second-order valence-electron chi connectivity index (χ2n) is 8.91. The lowest BCUT2D eigenvalue weighted by molar-refractivity contribution is -0.250. The highest BCUT2D eigenvalue weighted by Gasteiger charge is 2.87. The van der Waals surface area contributed by atoms with Gasteiger partial charge in [-0.15, -0.1) is 0 Å². The van der Waals surface area contributed by atoms with Gasteiger partial charge in [0.1, 0.15) is 30.5 Å². The number of carbonyl (C=O) groups excluding carboxylic acids is 1. The molecule has 3 aliphatic heterocycles. The summed E-state index contributed by atoms with van der Waals surface area (Å²) in [7, 11) is 0. The van der Waals surface area contributed by atoms with E-state index in [-0.39, 0.29) is 24.4 Å². The summed E-state index contributed by atoms with van der Waals surface area (Å²) in [6, 6.07) is 0. The Balaban J connectivity index is 1.58. The smallest absolute Gasteiger partial charge is 0.330 e. The average Bonchev–Trinajstić information content (AvgIpc) is 3.50. The van der Waals surface area contributed by atoms with Crippen molar-refractivity contribution in [2.24, 2.45) is 10.8 Å². The van der Waals surface area contributed by atoms with Gasteiger partial charge in [0.2, 0.25) is 0 Å². The predicted octanol–water partition coefficient (Wildman–Crippen LogP) is 0.322. The van der Waals surface area contributed by atoms with Crippen LogP contribution in [0.1, 0.15) is 33.6 Å². The fourth-order valence-electron chi connectivity index (χ4n) is 6.12. The minimum absolute atomic E-state index is 0.106. The zero-order valence-electron chi connectivity index (χ0n) is 15.3. The maximum absolute atomic E-state index is 12.0. The number of esters is 1. The van der Waals surface area contributed by atoms with Gasteiger partial charge >= 0.3 is 5.97 Å². The second kappa shape index (κ2) is 4.89. The third-order valence-corrected chi connectivity index (χ3v) is 7.95. The first-order valence-corrected chi connectivity index (χ1v) is 9.39. The van der Waals surface area contributed by atoms with E-state index in [0.717, 1.165) is 6.42 Å². The number of rotatable bonds is 3. The summed E-state index contributed by atoms with van der Waals surface area (Å²) in [5.41, 5.74) is -2.41. The molecule has 0 radical (unpaired) electrons. The normalized spacial score (nSPS) is 59.2. The van der Waals surface area contributed by atoms with Gasteiger partial charge in [0, 0.05) is 16.9 Å². The van der Waals surface area contributed by atoms with Gasteiger partial charge in [0.15, 0.2) is 0 Å². The van der Waals surface area contributed by atoms with Crippen LogP contribution in [-0.2, 0) is 23.7 Å². The number of aliphatic hydroxyl groups excluding tert-OH is 2. The van der Waals surface area contributed by atoms with E-state index in [2.05, 4.69) is 6.92 Å². The standard InChI is InChI=1S/C19H26O7/c1-4-5-10(20)23-8-18-7-6-16(2)14(26-16)15(18)25-13-11(21)12(22)17(18,3)19(13)9-24-19/h4-5,11-15,21-22H,6-9H2,1-3H3/b5-4+/t11-,12-,13?,14?,15?,16-,17-,18-,19?/m1/s1. The van der Waals surface area contributed by atoms with Gasteiger partial charge in [-0.2, -0.15) is 0 Å². The molecule has 2 bridgehead atoms. The van der Waals surface area contributed by atoms with Gasteiger partial charge in [-0.05, 0) is 26.7 Å². The number of hydrogen-bond donors (Lipinski definition) is 2. The van der Waals surface area contributed by atoms with Gasteiger partial charge in [-0.3, -0.25) is 0 Å². The van der Waals surface area contributed by atoms with E-state index in [1.165, 1.54) is 6.08 Å². The lowest BCUT2D eigenvalue weighted by Crippen LogP contribution is -2.69. The Bertz CT molecular complexity index is 687. The first-order valence-electron chi connectivity index (χ1n) is 9.39. The molecule has 0 aromatic carbocycles. The van der Waals surface area contributed by atoms with Crippen LogP contribution >= 0.6 is 0 Å². The first-order chi connectivity index (χ1) is 12.3. The summed E-state index contributed by atoms with van der Waals surface area (Å²) in [6.45, 7) is 6.31. The molecule has 1 spiro atoms. The Kier molecular flexibility index (Phi) is 3.22. The van der Waals surface area contributed by atoms with E-state index in [1.807, 2.05) is 6.92 Å². The molecular weight excluding hydrogens is 340 g/mol. The summed E-state index contributed by atoms with van der Waals surface area (Å²) in [5.74, 6) is -0.421. The van der Waals surface area contributed by atoms with Crippen LogP contribution in [0, 0.1) is 10.8 Å². The molecule has 3 heterocycles. The summed E-state index contributed by atoms with van der Waals surface area (Å²) in [4.78, 5) is 12.0. The number of carbonyl (C=O) groups is 1. The molecule has 2 saturated carbocycles. The van der Waals surface area contributed by atoms with Crippen LogP contribution in [0.25, 0.3) is 0 Å². The van der Waals surface area contributed by atoms with Crippen molar-refractivity contribution in [1.29, 1.82) is 0 Å². The van der Waals surface area contributed by atoms with Crippen molar-refractivity contribution in [3.8, 4) is 0 Å². The third kappa shape index (κ3) is 1.70. The maximum atomic E-state index is 12.0. The van der Waals surface area contributed by atoms with Crippen LogP contribution in [-0.4, -0.2) is 71.1 Å². The zero-order valence-corrected chi connectivity index (χ0v) is 15.3. The average molecular weight is 366 g/mol. The molecular formula is C19H26O7. The molecule has 4 unspecified atom stereocenters. The Labute approximate surface area is 152 Å². The molecule has 26 heavy (non-hydrogen) atoms. The number of fused-ring (bicyclic) bond motifs is 4.